The average molecular weight is 326 g/mol. The molecular formula is C15H20ClN3OS. The predicted octanol–water partition coefficient (Wildman–Crippen LogP) is 3.39. The van der Waals surface area contributed by atoms with Gasteiger partial charge in [-0.3, -0.25) is 4.90 Å². The number of nitrogens with zero attached hydrogens (tertiary/aromatic N) is 2. The summed E-state index contributed by atoms with van der Waals surface area (Å²) >= 11 is 7.76. The highest BCUT2D eigenvalue weighted by molar-refractivity contribution is 7.22. The van der Waals surface area contributed by atoms with Gasteiger partial charge in [0.25, 0.3) is 0 Å². The molecule has 1 aliphatic rings. The van der Waals surface area contributed by atoms with Crippen LogP contribution in [-0.2, 0) is 4.74 Å². The van der Waals surface area contributed by atoms with Crippen LogP contribution in [0.25, 0.3) is 10.2 Å². The van der Waals surface area contributed by atoms with Gasteiger partial charge in [-0.05, 0) is 37.6 Å². The molecule has 0 bridgehead atoms. The number of aromatic nitrogens is 1. The van der Waals surface area contributed by atoms with Crippen LogP contribution in [0.5, 0.6) is 0 Å². The van der Waals surface area contributed by atoms with Gasteiger partial charge < -0.3 is 10.1 Å². The third-order valence-electron chi connectivity index (χ3n) is 3.68. The Morgan fingerprint density at radius 1 is 1.38 bits per heavy atom. The Labute approximate surface area is 134 Å². The first-order valence-corrected chi connectivity index (χ1v) is 8.52. The van der Waals surface area contributed by atoms with Crippen molar-refractivity contribution in [3.63, 3.8) is 0 Å². The minimum absolute atomic E-state index is 0.780. The number of benzene rings is 1. The lowest BCUT2D eigenvalue weighted by Gasteiger charge is -2.26. The van der Waals surface area contributed by atoms with Crippen LogP contribution in [0.4, 0.5) is 5.13 Å². The molecule has 4 nitrogen and oxygen atoms in total. The van der Waals surface area contributed by atoms with Gasteiger partial charge in [-0.15, -0.1) is 0 Å². The third kappa shape index (κ3) is 3.86. The molecule has 1 saturated heterocycles. The number of hydrogen-bond acceptors (Lipinski definition) is 5. The first-order chi connectivity index (χ1) is 10.2. The van der Waals surface area contributed by atoms with Crippen LogP contribution in [0.1, 0.15) is 12.0 Å². The molecule has 0 aliphatic carbocycles. The zero-order valence-electron chi connectivity index (χ0n) is 12.2. The molecule has 1 aromatic heterocycles. The highest BCUT2D eigenvalue weighted by Crippen LogP contribution is 2.30. The minimum atomic E-state index is 0.780. The van der Waals surface area contributed by atoms with Crippen molar-refractivity contribution in [3.05, 3.63) is 22.7 Å². The molecule has 0 radical (unpaired) electrons. The van der Waals surface area contributed by atoms with E-state index < -0.39 is 0 Å². The van der Waals surface area contributed by atoms with Gasteiger partial charge in [0.15, 0.2) is 5.13 Å². The van der Waals surface area contributed by atoms with Gasteiger partial charge in [-0.1, -0.05) is 22.9 Å². The fourth-order valence-electron chi connectivity index (χ4n) is 2.55. The van der Waals surface area contributed by atoms with E-state index >= 15 is 0 Å². The van der Waals surface area contributed by atoms with Gasteiger partial charge in [0.05, 0.1) is 23.4 Å². The quantitative estimate of drug-likeness (QED) is 0.855. The van der Waals surface area contributed by atoms with Crippen LogP contribution >= 0.6 is 22.9 Å². The Balaban J connectivity index is 1.52. The first-order valence-electron chi connectivity index (χ1n) is 7.33. The molecule has 0 atom stereocenters. The standard InChI is InChI=1S/C15H20ClN3OS/c1-11-9-12(16)10-13-14(11)18-15(21-13)17-3-2-4-19-5-7-20-8-6-19/h9-10H,2-8H2,1H3,(H,17,18). The summed E-state index contributed by atoms with van der Waals surface area (Å²) in [5.41, 5.74) is 2.19. The van der Waals surface area contributed by atoms with E-state index in [1.807, 2.05) is 12.1 Å². The molecule has 2 aromatic rings. The molecule has 1 N–H and O–H groups in total. The van der Waals surface area contributed by atoms with Crippen LogP contribution in [-0.4, -0.2) is 49.3 Å². The summed E-state index contributed by atoms with van der Waals surface area (Å²) in [6.45, 7) is 7.96. The normalized spacial score (nSPS) is 16.5. The molecule has 1 fully saturated rings. The number of nitrogens with one attached hydrogen (secondary N) is 1. The lowest BCUT2D eigenvalue weighted by molar-refractivity contribution is 0.0378. The fourth-order valence-corrected chi connectivity index (χ4v) is 3.90. The first kappa shape index (κ1) is 15.0. The summed E-state index contributed by atoms with van der Waals surface area (Å²) in [4.78, 5) is 7.10. The van der Waals surface area contributed by atoms with Crippen molar-refractivity contribution in [1.29, 1.82) is 0 Å². The summed E-state index contributed by atoms with van der Waals surface area (Å²) in [7, 11) is 0. The Morgan fingerprint density at radius 2 is 2.19 bits per heavy atom. The SMILES string of the molecule is Cc1cc(Cl)cc2sc(NCCCN3CCOCC3)nc12. The van der Waals surface area contributed by atoms with Crippen molar-refractivity contribution in [3.8, 4) is 0 Å². The smallest absolute Gasteiger partial charge is 0.183 e. The molecule has 114 valence electrons. The van der Waals surface area contributed by atoms with Crippen molar-refractivity contribution >= 4 is 38.3 Å². The third-order valence-corrected chi connectivity index (χ3v) is 4.86. The molecule has 3 rings (SSSR count). The topological polar surface area (TPSA) is 37.4 Å². The van der Waals surface area contributed by atoms with Gasteiger partial charge >= 0.3 is 0 Å². The number of fused-ring (bicyclic) bond motifs is 1. The van der Waals surface area contributed by atoms with E-state index in [0.717, 1.165) is 71.7 Å². The maximum Gasteiger partial charge on any atom is 0.183 e. The molecule has 0 spiro atoms. The number of anilines is 1. The Bertz CT molecular complexity index is 610. The van der Waals surface area contributed by atoms with Crippen LogP contribution in [0.3, 0.4) is 0 Å². The maximum atomic E-state index is 6.09. The molecule has 6 heteroatoms. The summed E-state index contributed by atoms with van der Waals surface area (Å²) in [5.74, 6) is 0. The fraction of sp³-hybridized carbons (Fsp3) is 0.533. The van der Waals surface area contributed by atoms with Gasteiger partial charge in [0.2, 0.25) is 0 Å². The van der Waals surface area contributed by atoms with Crippen molar-refractivity contribution in [2.75, 3.05) is 44.7 Å². The lowest BCUT2D eigenvalue weighted by Crippen LogP contribution is -2.37. The van der Waals surface area contributed by atoms with Crippen molar-refractivity contribution in [2.24, 2.45) is 0 Å². The Morgan fingerprint density at radius 3 is 3.00 bits per heavy atom. The van der Waals surface area contributed by atoms with Gasteiger partial charge in [-0.2, -0.15) is 0 Å². The summed E-state index contributed by atoms with van der Waals surface area (Å²) in [6.07, 6.45) is 1.12. The molecule has 0 unspecified atom stereocenters. The van der Waals surface area contributed by atoms with Crippen molar-refractivity contribution in [2.45, 2.75) is 13.3 Å². The van der Waals surface area contributed by atoms with E-state index in [0.29, 0.717) is 0 Å². The number of rotatable bonds is 5. The summed E-state index contributed by atoms with van der Waals surface area (Å²) in [6, 6.07) is 3.95. The molecule has 0 saturated carbocycles. The lowest BCUT2D eigenvalue weighted by atomic mass is 10.2. The monoisotopic (exact) mass is 325 g/mol. The van der Waals surface area contributed by atoms with E-state index in [1.165, 1.54) is 0 Å². The minimum Gasteiger partial charge on any atom is -0.379 e. The predicted molar refractivity (Wildman–Crippen MR) is 89.7 cm³/mol. The van der Waals surface area contributed by atoms with E-state index in [1.54, 1.807) is 11.3 Å². The van der Waals surface area contributed by atoms with E-state index in [-0.39, 0.29) is 0 Å². The molecule has 2 heterocycles. The number of hydrogen-bond donors (Lipinski definition) is 1. The Hall–Kier alpha value is -0.880. The van der Waals surface area contributed by atoms with Crippen LogP contribution in [0.15, 0.2) is 12.1 Å². The van der Waals surface area contributed by atoms with Crippen molar-refractivity contribution < 1.29 is 4.74 Å². The van der Waals surface area contributed by atoms with Crippen LogP contribution < -0.4 is 5.32 Å². The van der Waals surface area contributed by atoms with Gasteiger partial charge in [-0.25, -0.2) is 4.98 Å². The van der Waals surface area contributed by atoms with E-state index in [9.17, 15) is 0 Å². The second-order valence-corrected chi connectivity index (χ2v) is 6.79. The molecule has 21 heavy (non-hydrogen) atoms. The van der Waals surface area contributed by atoms with Crippen LogP contribution in [0, 0.1) is 6.92 Å². The average Bonchev–Trinajstić information content (AvgIpc) is 2.88. The largest absolute Gasteiger partial charge is 0.379 e. The summed E-state index contributed by atoms with van der Waals surface area (Å²) < 4.78 is 6.50. The van der Waals surface area contributed by atoms with Crippen LogP contribution in [0.2, 0.25) is 5.02 Å². The highest BCUT2D eigenvalue weighted by atomic mass is 35.5. The highest BCUT2D eigenvalue weighted by Gasteiger charge is 2.10. The number of thiazole rings is 1. The van der Waals surface area contributed by atoms with E-state index in [2.05, 4.69) is 22.1 Å². The molecule has 0 amide bonds. The number of ether oxygens (including phenoxy) is 1. The zero-order valence-corrected chi connectivity index (χ0v) is 13.8. The Kier molecular flexibility index (Phi) is 4.95. The molecular weight excluding hydrogens is 306 g/mol. The maximum absolute atomic E-state index is 6.09. The number of aryl methyl sites for hydroxylation is 1. The second-order valence-electron chi connectivity index (χ2n) is 5.32. The van der Waals surface area contributed by atoms with Crippen molar-refractivity contribution in [1.82, 2.24) is 9.88 Å². The zero-order chi connectivity index (χ0) is 14.7. The van der Waals surface area contributed by atoms with E-state index in [4.69, 9.17) is 16.3 Å². The summed E-state index contributed by atoms with van der Waals surface area (Å²) in [5, 5.41) is 5.19. The molecule has 1 aliphatic heterocycles. The molecule has 1 aromatic carbocycles. The number of halogens is 1. The van der Waals surface area contributed by atoms with Gasteiger partial charge in [0.1, 0.15) is 0 Å². The van der Waals surface area contributed by atoms with Gasteiger partial charge in [0, 0.05) is 24.7 Å². The number of morpholine rings is 1. The second kappa shape index (κ2) is 6.92.